The summed E-state index contributed by atoms with van der Waals surface area (Å²) in [5, 5.41) is 10.8. The third kappa shape index (κ3) is 3.62. The SMILES string of the molecule is CC(C)CS(=O)(=O)CC(=O)N1CCc2ccc([N+](=O)[O-])cc21. The van der Waals surface area contributed by atoms with Crippen LogP contribution in [0.2, 0.25) is 0 Å². The Morgan fingerprint density at radius 2 is 2.09 bits per heavy atom. The highest BCUT2D eigenvalue weighted by molar-refractivity contribution is 7.92. The number of anilines is 1. The van der Waals surface area contributed by atoms with E-state index < -0.39 is 26.4 Å². The summed E-state index contributed by atoms with van der Waals surface area (Å²) >= 11 is 0. The lowest BCUT2D eigenvalue weighted by atomic mass is 10.1. The fourth-order valence-electron chi connectivity index (χ4n) is 2.57. The maximum Gasteiger partial charge on any atom is 0.271 e. The number of amides is 1. The van der Waals surface area contributed by atoms with Crippen molar-refractivity contribution in [2.24, 2.45) is 5.92 Å². The normalized spacial score (nSPS) is 14.2. The molecule has 7 nitrogen and oxygen atoms in total. The number of nitro groups is 1. The molecule has 1 aromatic rings. The number of carbonyl (C=O) groups excluding carboxylic acids is 1. The minimum absolute atomic E-state index is 0.0472. The van der Waals surface area contributed by atoms with E-state index in [9.17, 15) is 23.3 Å². The quantitative estimate of drug-likeness (QED) is 0.604. The zero-order valence-corrected chi connectivity index (χ0v) is 13.3. The highest BCUT2D eigenvalue weighted by atomic mass is 32.2. The number of hydrogen-bond acceptors (Lipinski definition) is 5. The van der Waals surface area contributed by atoms with Crippen molar-refractivity contribution < 1.29 is 18.1 Å². The zero-order chi connectivity index (χ0) is 16.5. The van der Waals surface area contributed by atoms with E-state index in [2.05, 4.69) is 0 Å². The molecule has 0 bridgehead atoms. The Bertz CT molecular complexity index is 712. The molecule has 0 unspecified atom stereocenters. The van der Waals surface area contributed by atoms with E-state index in [4.69, 9.17) is 0 Å². The van der Waals surface area contributed by atoms with Crippen molar-refractivity contribution in [3.05, 3.63) is 33.9 Å². The first-order valence-corrected chi connectivity index (χ1v) is 8.80. The summed E-state index contributed by atoms with van der Waals surface area (Å²) in [6.07, 6.45) is 0.573. The molecule has 0 fully saturated rings. The Morgan fingerprint density at radius 1 is 1.41 bits per heavy atom. The smallest absolute Gasteiger partial charge is 0.271 e. The van der Waals surface area contributed by atoms with Crippen LogP contribution in [0.15, 0.2) is 18.2 Å². The predicted molar refractivity (Wildman–Crippen MR) is 82.6 cm³/mol. The number of rotatable bonds is 5. The third-order valence-corrected chi connectivity index (χ3v) is 5.27. The van der Waals surface area contributed by atoms with Crippen molar-refractivity contribution in [3.63, 3.8) is 0 Å². The van der Waals surface area contributed by atoms with Gasteiger partial charge in [-0.25, -0.2) is 8.42 Å². The molecule has 1 amide bonds. The van der Waals surface area contributed by atoms with Gasteiger partial charge in [0.1, 0.15) is 5.75 Å². The van der Waals surface area contributed by atoms with Crippen LogP contribution in [0, 0.1) is 16.0 Å². The monoisotopic (exact) mass is 326 g/mol. The van der Waals surface area contributed by atoms with E-state index in [0.29, 0.717) is 18.7 Å². The lowest BCUT2D eigenvalue weighted by Gasteiger charge is -2.17. The molecule has 1 heterocycles. The molecule has 0 aromatic heterocycles. The van der Waals surface area contributed by atoms with Crippen molar-refractivity contribution >= 4 is 27.1 Å². The standard InChI is InChI=1S/C14H18N2O5S/c1-10(2)8-22(20,21)9-14(17)15-6-5-11-3-4-12(16(18)19)7-13(11)15/h3-4,7,10H,5-6,8-9H2,1-2H3. The highest BCUT2D eigenvalue weighted by Gasteiger charge is 2.29. The number of benzene rings is 1. The molecular weight excluding hydrogens is 308 g/mol. The first-order chi connectivity index (χ1) is 10.2. The third-order valence-electron chi connectivity index (χ3n) is 3.41. The Morgan fingerprint density at radius 3 is 2.68 bits per heavy atom. The minimum Gasteiger partial charge on any atom is -0.311 e. The largest absolute Gasteiger partial charge is 0.311 e. The van der Waals surface area contributed by atoms with Crippen molar-refractivity contribution in [1.82, 2.24) is 0 Å². The molecule has 1 aromatic carbocycles. The van der Waals surface area contributed by atoms with Crippen molar-refractivity contribution in [2.45, 2.75) is 20.3 Å². The fourth-order valence-corrected chi connectivity index (χ4v) is 4.24. The molecule has 0 spiro atoms. The second kappa shape index (κ2) is 6.04. The lowest BCUT2D eigenvalue weighted by Crippen LogP contribution is -2.35. The number of sulfone groups is 1. The molecular formula is C14H18N2O5S. The van der Waals surface area contributed by atoms with E-state index in [1.807, 2.05) is 0 Å². The van der Waals surface area contributed by atoms with Gasteiger partial charge in [0.05, 0.1) is 16.4 Å². The van der Waals surface area contributed by atoms with Crippen molar-refractivity contribution in [1.29, 1.82) is 0 Å². The first-order valence-electron chi connectivity index (χ1n) is 6.98. The van der Waals surface area contributed by atoms with E-state index in [0.717, 1.165) is 5.56 Å². The number of non-ortho nitro benzene ring substituents is 1. The molecule has 1 aliphatic heterocycles. The van der Waals surface area contributed by atoms with Gasteiger partial charge in [-0.2, -0.15) is 0 Å². The molecule has 0 N–H and O–H groups in total. The van der Waals surface area contributed by atoms with Gasteiger partial charge in [-0.1, -0.05) is 19.9 Å². The molecule has 0 aliphatic carbocycles. The van der Waals surface area contributed by atoms with Gasteiger partial charge < -0.3 is 4.90 Å². The Balaban J connectivity index is 2.21. The molecule has 0 saturated heterocycles. The second-order valence-electron chi connectivity index (χ2n) is 5.81. The van der Waals surface area contributed by atoms with E-state index in [-0.39, 0.29) is 17.4 Å². The molecule has 0 saturated carbocycles. The summed E-state index contributed by atoms with van der Waals surface area (Å²) in [5.74, 6) is -1.19. The van der Waals surface area contributed by atoms with Gasteiger partial charge in [0, 0.05) is 18.7 Å². The summed E-state index contributed by atoms with van der Waals surface area (Å²) in [5.41, 5.74) is 1.16. The van der Waals surface area contributed by atoms with Crippen LogP contribution in [0.5, 0.6) is 0 Å². The van der Waals surface area contributed by atoms with E-state index in [1.165, 1.54) is 17.0 Å². The zero-order valence-electron chi connectivity index (χ0n) is 12.5. The van der Waals surface area contributed by atoms with Crippen LogP contribution in [-0.2, 0) is 21.1 Å². The number of nitro benzene ring substituents is 1. The average molecular weight is 326 g/mol. The van der Waals surface area contributed by atoms with Gasteiger partial charge in [0.25, 0.3) is 5.69 Å². The van der Waals surface area contributed by atoms with Crippen LogP contribution in [-0.4, -0.2) is 37.3 Å². The van der Waals surface area contributed by atoms with Gasteiger partial charge in [-0.05, 0) is 17.9 Å². The Labute approximate surface area is 129 Å². The van der Waals surface area contributed by atoms with Crippen LogP contribution in [0.3, 0.4) is 0 Å². The van der Waals surface area contributed by atoms with E-state index >= 15 is 0 Å². The molecule has 1 aliphatic rings. The molecule has 2 rings (SSSR count). The number of nitrogens with zero attached hydrogens (tertiary/aromatic N) is 2. The van der Waals surface area contributed by atoms with Gasteiger partial charge in [0.15, 0.2) is 9.84 Å². The fraction of sp³-hybridized carbons (Fsp3) is 0.500. The molecule has 0 radical (unpaired) electrons. The molecule has 22 heavy (non-hydrogen) atoms. The van der Waals surface area contributed by atoms with E-state index in [1.54, 1.807) is 19.9 Å². The molecule has 120 valence electrons. The topological polar surface area (TPSA) is 97.6 Å². The summed E-state index contributed by atoms with van der Waals surface area (Å²) in [7, 11) is -3.47. The van der Waals surface area contributed by atoms with Crippen LogP contribution in [0.25, 0.3) is 0 Å². The van der Waals surface area contributed by atoms with Gasteiger partial charge in [0.2, 0.25) is 5.91 Å². The van der Waals surface area contributed by atoms with Crippen molar-refractivity contribution in [3.8, 4) is 0 Å². The first kappa shape index (κ1) is 16.4. The van der Waals surface area contributed by atoms with Gasteiger partial charge in [-0.15, -0.1) is 0 Å². The summed E-state index contributed by atoms with van der Waals surface area (Å²) in [6.45, 7) is 3.90. The number of hydrogen-bond donors (Lipinski definition) is 0. The average Bonchev–Trinajstić information content (AvgIpc) is 2.78. The maximum absolute atomic E-state index is 12.3. The molecule has 8 heteroatoms. The maximum atomic E-state index is 12.3. The Hall–Kier alpha value is -1.96. The Kier molecular flexibility index (Phi) is 4.50. The highest BCUT2D eigenvalue weighted by Crippen LogP contribution is 2.31. The van der Waals surface area contributed by atoms with Gasteiger partial charge in [-0.3, -0.25) is 14.9 Å². The summed E-state index contributed by atoms with van der Waals surface area (Å²) in [6, 6.07) is 4.33. The minimum atomic E-state index is -3.47. The second-order valence-corrected chi connectivity index (χ2v) is 7.92. The summed E-state index contributed by atoms with van der Waals surface area (Å²) < 4.78 is 23.9. The lowest BCUT2D eigenvalue weighted by molar-refractivity contribution is -0.384. The van der Waals surface area contributed by atoms with Crippen LogP contribution >= 0.6 is 0 Å². The summed E-state index contributed by atoms with van der Waals surface area (Å²) in [4.78, 5) is 23.9. The van der Waals surface area contributed by atoms with Gasteiger partial charge >= 0.3 is 0 Å². The van der Waals surface area contributed by atoms with Crippen LogP contribution in [0.1, 0.15) is 19.4 Å². The van der Waals surface area contributed by atoms with Crippen molar-refractivity contribution in [2.75, 3.05) is 23.0 Å². The predicted octanol–water partition coefficient (Wildman–Crippen LogP) is 1.55. The van der Waals surface area contributed by atoms with Crippen LogP contribution in [0.4, 0.5) is 11.4 Å². The number of fused-ring (bicyclic) bond motifs is 1. The van der Waals surface area contributed by atoms with Crippen LogP contribution < -0.4 is 4.90 Å². The number of carbonyl (C=O) groups is 1. The molecule has 0 atom stereocenters.